The van der Waals surface area contributed by atoms with E-state index in [1.165, 1.54) is 0 Å². The summed E-state index contributed by atoms with van der Waals surface area (Å²) in [6.45, 7) is 0.793. The molecule has 0 aromatic carbocycles. The first-order valence-corrected chi connectivity index (χ1v) is 3.86. The van der Waals surface area contributed by atoms with Gasteiger partial charge in [0.25, 0.3) is 0 Å². The van der Waals surface area contributed by atoms with Crippen LogP contribution in [0.4, 0.5) is 0 Å². The van der Waals surface area contributed by atoms with Crippen LogP contribution in [0.3, 0.4) is 0 Å². The van der Waals surface area contributed by atoms with Gasteiger partial charge < -0.3 is 4.74 Å². The number of carbonyl (C=O) groups excluding carboxylic acids is 1. The molecule has 0 aromatic rings. The highest BCUT2D eigenvalue weighted by Gasteiger charge is 2.57. The summed E-state index contributed by atoms with van der Waals surface area (Å²) in [5.41, 5.74) is 0. The molecule has 2 nitrogen and oxygen atoms in total. The van der Waals surface area contributed by atoms with Crippen LogP contribution in [-0.4, -0.2) is 19.5 Å². The lowest BCUT2D eigenvalue weighted by Gasteiger charge is -1.98. The van der Waals surface area contributed by atoms with Crippen LogP contribution < -0.4 is 0 Å². The highest BCUT2D eigenvalue weighted by molar-refractivity contribution is 5.87. The second-order valence-corrected chi connectivity index (χ2v) is 3.31. The van der Waals surface area contributed by atoms with Crippen molar-refractivity contribution >= 4 is 5.78 Å². The second-order valence-electron chi connectivity index (χ2n) is 3.31. The van der Waals surface area contributed by atoms with Gasteiger partial charge in [0.05, 0.1) is 0 Å². The van der Waals surface area contributed by atoms with Crippen molar-refractivity contribution in [3.8, 4) is 0 Å². The SMILES string of the molecule is COC[C@@H]1[C@H]2CCC(=O)[C@H]21. The Kier molecular flexibility index (Phi) is 1.31. The van der Waals surface area contributed by atoms with Gasteiger partial charge in [-0.15, -0.1) is 0 Å². The van der Waals surface area contributed by atoms with E-state index in [-0.39, 0.29) is 0 Å². The van der Waals surface area contributed by atoms with Crippen LogP contribution >= 0.6 is 0 Å². The summed E-state index contributed by atoms with van der Waals surface area (Å²) in [6.07, 6.45) is 1.95. The number of hydrogen-bond acceptors (Lipinski definition) is 2. The van der Waals surface area contributed by atoms with Crippen LogP contribution in [0.1, 0.15) is 12.8 Å². The normalized spacial score (nSPS) is 43.7. The van der Waals surface area contributed by atoms with Gasteiger partial charge in [-0.25, -0.2) is 0 Å². The Balaban J connectivity index is 1.92. The molecule has 2 saturated carbocycles. The van der Waals surface area contributed by atoms with Gasteiger partial charge >= 0.3 is 0 Å². The predicted octanol–water partition coefficient (Wildman–Crippen LogP) is 0.858. The van der Waals surface area contributed by atoms with Crippen molar-refractivity contribution in [3.63, 3.8) is 0 Å². The lowest BCUT2D eigenvalue weighted by molar-refractivity contribution is -0.119. The van der Waals surface area contributed by atoms with E-state index in [2.05, 4.69) is 0 Å². The van der Waals surface area contributed by atoms with E-state index in [4.69, 9.17) is 4.74 Å². The number of ether oxygens (including phenoxy) is 1. The lowest BCUT2D eigenvalue weighted by atomic mass is 10.1. The summed E-state index contributed by atoms with van der Waals surface area (Å²) in [7, 11) is 1.71. The smallest absolute Gasteiger partial charge is 0.136 e. The van der Waals surface area contributed by atoms with E-state index in [1.807, 2.05) is 0 Å². The van der Waals surface area contributed by atoms with E-state index in [0.29, 0.717) is 23.5 Å². The first-order valence-electron chi connectivity index (χ1n) is 3.86. The molecule has 2 aliphatic rings. The number of Topliss-reactive ketones (excluding diaryl/α,β-unsaturated/α-hetero) is 1. The molecule has 0 amide bonds. The molecule has 2 rings (SSSR count). The Morgan fingerprint density at radius 1 is 1.70 bits per heavy atom. The molecule has 0 radical (unpaired) electrons. The van der Waals surface area contributed by atoms with Crippen molar-refractivity contribution in [2.75, 3.05) is 13.7 Å². The molecule has 2 aliphatic carbocycles. The monoisotopic (exact) mass is 140 g/mol. The lowest BCUT2D eigenvalue weighted by Crippen LogP contribution is -2.03. The topological polar surface area (TPSA) is 26.3 Å². The number of hydrogen-bond donors (Lipinski definition) is 0. The molecule has 0 aromatic heterocycles. The molecule has 0 heterocycles. The standard InChI is InChI=1S/C8H12O2/c1-10-4-6-5-2-3-7(9)8(5)6/h5-6,8H,2-4H2,1H3/t5-,6-,8-/m1/s1. The fourth-order valence-corrected chi connectivity index (χ4v) is 2.21. The van der Waals surface area contributed by atoms with E-state index >= 15 is 0 Å². The number of ketones is 1. The van der Waals surface area contributed by atoms with Gasteiger partial charge in [-0.2, -0.15) is 0 Å². The summed E-state index contributed by atoms with van der Waals surface area (Å²) in [4.78, 5) is 11.0. The maximum absolute atomic E-state index is 11.0. The van der Waals surface area contributed by atoms with Gasteiger partial charge in [-0.1, -0.05) is 0 Å². The van der Waals surface area contributed by atoms with Crippen LogP contribution in [-0.2, 0) is 9.53 Å². The molecule has 0 saturated heterocycles. The molecule has 56 valence electrons. The van der Waals surface area contributed by atoms with Crippen molar-refractivity contribution in [1.82, 2.24) is 0 Å². The number of carbonyl (C=O) groups is 1. The van der Waals surface area contributed by atoms with Crippen molar-refractivity contribution in [3.05, 3.63) is 0 Å². The zero-order valence-electron chi connectivity index (χ0n) is 6.17. The van der Waals surface area contributed by atoms with Gasteiger partial charge in [0.1, 0.15) is 5.78 Å². The highest BCUT2D eigenvalue weighted by Crippen LogP contribution is 2.55. The minimum Gasteiger partial charge on any atom is -0.384 e. The van der Waals surface area contributed by atoms with Crippen LogP contribution in [0.15, 0.2) is 0 Å². The summed E-state index contributed by atoms with van der Waals surface area (Å²) in [6, 6.07) is 0. The molecule has 0 N–H and O–H groups in total. The molecule has 0 unspecified atom stereocenters. The molecule has 0 bridgehead atoms. The molecule has 2 fully saturated rings. The zero-order chi connectivity index (χ0) is 7.14. The molecular weight excluding hydrogens is 128 g/mol. The van der Waals surface area contributed by atoms with Crippen molar-refractivity contribution in [2.24, 2.45) is 17.8 Å². The average Bonchev–Trinajstić information content (AvgIpc) is 2.45. The van der Waals surface area contributed by atoms with Crippen LogP contribution in [0, 0.1) is 17.8 Å². The number of methoxy groups -OCH3 is 1. The molecule has 2 heteroatoms. The third-order valence-electron chi connectivity index (χ3n) is 2.79. The van der Waals surface area contributed by atoms with Gasteiger partial charge in [0, 0.05) is 26.1 Å². The average molecular weight is 140 g/mol. The van der Waals surface area contributed by atoms with Crippen molar-refractivity contribution in [1.29, 1.82) is 0 Å². The third kappa shape index (κ3) is 0.717. The first-order chi connectivity index (χ1) is 4.84. The Labute approximate surface area is 60.6 Å². The summed E-state index contributed by atoms with van der Waals surface area (Å²) in [5.74, 6) is 2.17. The Hall–Kier alpha value is -0.370. The minimum atomic E-state index is 0.403. The van der Waals surface area contributed by atoms with E-state index < -0.39 is 0 Å². The Morgan fingerprint density at radius 3 is 3.00 bits per heavy atom. The van der Waals surface area contributed by atoms with Gasteiger partial charge in [0.15, 0.2) is 0 Å². The van der Waals surface area contributed by atoms with E-state index in [1.54, 1.807) is 7.11 Å². The van der Waals surface area contributed by atoms with Crippen molar-refractivity contribution < 1.29 is 9.53 Å². The molecule has 0 aliphatic heterocycles. The largest absolute Gasteiger partial charge is 0.384 e. The van der Waals surface area contributed by atoms with Crippen LogP contribution in [0.2, 0.25) is 0 Å². The van der Waals surface area contributed by atoms with E-state index in [0.717, 1.165) is 19.4 Å². The fourth-order valence-electron chi connectivity index (χ4n) is 2.21. The third-order valence-corrected chi connectivity index (χ3v) is 2.79. The predicted molar refractivity (Wildman–Crippen MR) is 36.6 cm³/mol. The van der Waals surface area contributed by atoms with Gasteiger partial charge in [-0.3, -0.25) is 4.79 Å². The molecular formula is C8H12O2. The second kappa shape index (κ2) is 2.06. The molecule has 0 spiro atoms. The van der Waals surface area contributed by atoms with E-state index in [9.17, 15) is 4.79 Å². The first kappa shape index (κ1) is 6.35. The summed E-state index contributed by atoms with van der Waals surface area (Å²) in [5, 5.41) is 0. The Morgan fingerprint density at radius 2 is 2.50 bits per heavy atom. The zero-order valence-corrected chi connectivity index (χ0v) is 6.17. The van der Waals surface area contributed by atoms with Gasteiger partial charge in [-0.05, 0) is 18.3 Å². The van der Waals surface area contributed by atoms with Gasteiger partial charge in [0.2, 0.25) is 0 Å². The Bertz CT molecular complexity index is 165. The van der Waals surface area contributed by atoms with Crippen molar-refractivity contribution in [2.45, 2.75) is 12.8 Å². The molecule has 10 heavy (non-hydrogen) atoms. The maximum Gasteiger partial charge on any atom is 0.136 e. The number of fused-ring (bicyclic) bond motifs is 1. The maximum atomic E-state index is 11.0. The summed E-state index contributed by atoms with van der Waals surface area (Å²) >= 11 is 0. The van der Waals surface area contributed by atoms with Crippen LogP contribution in [0.25, 0.3) is 0 Å². The highest BCUT2D eigenvalue weighted by atomic mass is 16.5. The summed E-state index contributed by atoms with van der Waals surface area (Å²) < 4.78 is 5.00. The van der Waals surface area contributed by atoms with Crippen LogP contribution in [0.5, 0.6) is 0 Å². The minimum absolute atomic E-state index is 0.403. The quantitative estimate of drug-likeness (QED) is 0.568. The number of rotatable bonds is 2. The fraction of sp³-hybridized carbons (Fsp3) is 0.875. The molecule has 3 atom stereocenters.